The summed E-state index contributed by atoms with van der Waals surface area (Å²) in [5, 5.41) is 4.50. The number of benzene rings is 1. The summed E-state index contributed by atoms with van der Waals surface area (Å²) in [5.41, 5.74) is 2.81. The van der Waals surface area contributed by atoms with Crippen molar-refractivity contribution in [2.75, 3.05) is 24.3 Å². The Hall–Kier alpha value is -0.890. The number of anilines is 2. The molecule has 1 atom stereocenters. The lowest BCUT2D eigenvalue weighted by Crippen LogP contribution is -2.32. The molecular formula is C16H25ClN2. The van der Waals surface area contributed by atoms with Gasteiger partial charge in [-0.15, -0.1) is 0 Å². The normalized spacial score (nSPS) is 22.1. The maximum absolute atomic E-state index is 6.14. The van der Waals surface area contributed by atoms with Crippen LogP contribution in [0.3, 0.4) is 0 Å². The SMILES string of the molecule is CN(C)c1ccc(Cl)cc1NC1CCCC(C)(C)C1. The lowest BCUT2D eigenvalue weighted by Gasteiger charge is -2.36. The van der Waals surface area contributed by atoms with Gasteiger partial charge in [-0.1, -0.05) is 31.9 Å². The van der Waals surface area contributed by atoms with Crippen molar-refractivity contribution in [2.24, 2.45) is 5.41 Å². The van der Waals surface area contributed by atoms with E-state index < -0.39 is 0 Å². The largest absolute Gasteiger partial charge is 0.381 e. The predicted octanol–water partition coefficient (Wildman–Crippen LogP) is 4.79. The molecule has 1 saturated carbocycles. The van der Waals surface area contributed by atoms with Gasteiger partial charge in [-0.2, -0.15) is 0 Å². The summed E-state index contributed by atoms with van der Waals surface area (Å²) < 4.78 is 0. The summed E-state index contributed by atoms with van der Waals surface area (Å²) in [5.74, 6) is 0. The Labute approximate surface area is 122 Å². The number of rotatable bonds is 3. The Bertz CT molecular complexity index is 440. The van der Waals surface area contributed by atoms with Gasteiger partial charge in [0.1, 0.15) is 0 Å². The van der Waals surface area contributed by atoms with Crippen LogP contribution in [0.4, 0.5) is 11.4 Å². The average molecular weight is 281 g/mol. The number of nitrogens with zero attached hydrogens (tertiary/aromatic N) is 1. The van der Waals surface area contributed by atoms with Gasteiger partial charge in [-0.05, 0) is 42.9 Å². The molecule has 1 aromatic carbocycles. The van der Waals surface area contributed by atoms with Gasteiger partial charge in [0.25, 0.3) is 0 Å². The van der Waals surface area contributed by atoms with Crippen molar-refractivity contribution in [1.82, 2.24) is 0 Å². The molecule has 2 rings (SSSR count). The topological polar surface area (TPSA) is 15.3 Å². The van der Waals surface area contributed by atoms with Crippen LogP contribution in [0.2, 0.25) is 5.02 Å². The summed E-state index contributed by atoms with van der Waals surface area (Å²) in [6, 6.07) is 6.63. The van der Waals surface area contributed by atoms with E-state index in [9.17, 15) is 0 Å². The van der Waals surface area contributed by atoms with Gasteiger partial charge in [-0.3, -0.25) is 0 Å². The Kier molecular flexibility index (Phi) is 4.29. The van der Waals surface area contributed by atoms with Crippen molar-refractivity contribution in [3.63, 3.8) is 0 Å². The molecule has 1 aliphatic rings. The Morgan fingerprint density at radius 3 is 2.68 bits per heavy atom. The van der Waals surface area contributed by atoms with Crippen molar-refractivity contribution < 1.29 is 0 Å². The highest BCUT2D eigenvalue weighted by Gasteiger charge is 2.28. The van der Waals surface area contributed by atoms with Gasteiger partial charge in [0.2, 0.25) is 0 Å². The molecule has 1 aromatic rings. The fourth-order valence-corrected chi connectivity index (χ4v) is 3.23. The minimum Gasteiger partial charge on any atom is -0.381 e. The molecule has 0 heterocycles. The van der Waals surface area contributed by atoms with Crippen LogP contribution in [0, 0.1) is 5.41 Å². The lowest BCUT2D eigenvalue weighted by molar-refractivity contribution is 0.229. The first-order valence-electron chi connectivity index (χ1n) is 7.11. The van der Waals surface area contributed by atoms with Gasteiger partial charge in [0.15, 0.2) is 0 Å². The zero-order valence-corrected chi connectivity index (χ0v) is 13.2. The first-order valence-corrected chi connectivity index (χ1v) is 7.49. The minimum absolute atomic E-state index is 0.451. The highest BCUT2D eigenvalue weighted by molar-refractivity contribution is 6.31. The van der Waals surface area contributed by atoms with E-state index in [0.29, 0.717) is 11.5 Å². The molecular weight excluding hydrogens is 256 g/mol. The fraction of sp³-hybridized carbons (Fsp3) is 0.625. The third-order valence-corrected chi connectivity index (χ3v) is 4.24. The second-order valence-corrected chi connectivity index (χ2v) is 7.09. The van der Waals surface area contributed by atoms with E-state index in [1.807, 2.05) is 12.1 Å². The quantitative estimate of drug-likeness (QED) is 0.857. The third-order valence-electron chi connectivity index (χ3n) is 4.01. The second-order valence-electron chi connectivity index (χ2n) is 6.66. The van der Waals surface area contributed by atoms with E-state index >= 15 is 0 Å². The van der Waals surface area contributed by atoms with Gasteiger partial charge < -0.3 is 10.2 Å². The van der Waals surface area contributed by atoms with E-state index in [0.717, 1.165) is 10.7 Å². The van der Waals surface area contributed by atoms with Crippen LogP contribution in [0.1, 0.15) is 39.5 Å². The van der Waals surface area contributed by atoms with E-state index in [1.165, 1.54) is 31.4 Å². The molecule has 19 heavy (non-hydrogen) atoms. The van der Waals surface area contributed by atoms with E-state index in [4.69, 9.17) is 11.6 Å². The fourth-order valence-electron chi connectivity index (χ4n) is 3.06. The van der Waals surface area contributed by atoms with Crippen LogP contribution in [-0.2, 0) is 0 Å². The molecule has 0 spiro atoms. The molecule has 0 radical (unpaired) electrons. The maximum Gasteiger partial charge on any atom is 0.0597 e. The molecule has 3 heteroatoms. The number of hydrogen-bond acceptors (Lipinski definition) is 2. The first-order chi connectivity index (χ1) is 8.87. The highest BCUT2D eigenvalue weighted by atomic mass is 35.5. The van der Waals surface area contributed by atoms with Crippen LogP contribution in [0.25, 0.3) is 0 Å². The van der Waals surface area contributed by atoms with Crippen LogP contribution >= 0.6 is 11.6 Å². The van der Waals surface area contributed by atoms with Gasteiger partial charge >= 0.3 is 0 Å². The molecule has 2 nitrogen and oxygen atoms in total. The standard InChI is InChI=1S/C16H25ClN2/c1-16(2)9-5-6-13(11-16)18-14-10-12(17)7-8-15(14)19(3)4/h7-8,10,13,18H,5-6,9,11H2,1-4H3. The van der Waals surface area contributed by atoms with E-state index in [2.05, 4.69) is 44.2 Å². The van der Waals surface area contributed by atoms with Crippen molar-refractivity contribution in [2.45, 2.75) is 45.6 Å². The molecule has 106 valence electrons. The first kappa shape index (κ1) is 14.5. The van der Waals surface area contributed by atoms with E-state index in [1.54, 1.807) is 0 Å². The Balaban J connectivity index is 2.16. The molecule has 0 aliphatic heterocycles. The summed E-state index contributed by atoms with van der Waals surface area (Å²) in [7, 11) is 4.14. The van der Waals surface area contributed by atoms with Crippen LogP contribution in [0.5, 0.6) is 0 Å². The summed E-state index contributed by atoms with van der Waals surface area (Å²) in [6.45, 7) is 4.73. The van der Waals surface area contributed by atoms with Crippen LogP contribution < -0.4 is 10.2 Å². The molecule has 1 unspecified atom stereocenters. The third kappa shape index (κ3) is 3.79. The zero-order valence-electron chi connectivity index (χ0n) is 12.5. The average Bonchev–Trinajstić information content (AvgIpc) is 2.27. The number of halogens is 1. The summed E-state index contributed by atoms with van der Waals surface area (Å²) >= 11 is 6.14. The minimum atomic E-state index is 0.451. The van der Waals surface area contributed by atoms with Crippen LogP contribution in [0.15, 0.2) is 18.2 Å². The Morgan fingerprint density at radius 1 is 1.32 bits per heavy atom. The molecule has 0 saturated heterocycles. The molecule has 0 amide bonds. The highest BCUT2D eigenvalue weighted by Crippen LogP contribution is 2.38. The van der Waals surface area contributed by atoms with Crippen molar-refractivity contribution in [3.8, 4) is 0 Å². The summed E-state index contributed by atoms with van der Waals surface area (Å²) in [6.07, 6.45) is 5.12. The number of hydrogen-bond donors (Lipinski definition) is 1. The molecule has 0 bridgehead atoms. The monoisotopic (exact) mass is 280 g/mol. The molecule has 0 aromatic heterocycles. The smallest absolute Gasteiger partial charge is 0.0597 e. The van der Waals surface area contributed by atoms with Gasteiger partial charge in [0.05, 0.1) is 11.4 Å². The van der Waals surface area contributed by atoms with Crippen molar-refractivity contribution >= 4 is 23.0 Å². The number of nitrogens with one attached hydrogen (secondary N) is 1. The lowest BCUT2D eigenvalue weighted by atomic mass is 9.75. The second kappa shape index (κ2) is 5.62. The maximum atomic E-state index is 6.14. The van der Waals surface area contributed by atoms with Gasteiger partial charge in [0, 0.05) is 25.2 Å². The zero-order chi connectivity index (χ0) is 14.0. The predicted molar refractivity (Wildman–Crippen MR) is 85.4 cm³/mol. The van der Waals surface area contributed by atoms with Crippen molar-refractivity contribution in [1.29, 1.82) is 0 Å². The molecule has 1 fully saturated rings. The summed E-state index contributed by atoms with van der Waals surface area (Å²) in [4.78, 5) is 2.13. The van der Waals surface area contributed by atoms with Crippen molar-refractivity contribution in [3.05, 3.63) is 23.2 Å². The Morgan fingerprint density at radius 2 is 2.05 bits per heavy atom. The van der Waals surface area contributed by atoms with Crippen LogP contribution in [-0.4, -0.2) is 20.1 Å². The van der Waals surface area contributed by atoms with Gasteiger partial charge in [-0.25, -0.2) is 0 Å². The molecule has 1 aliphatic carbocycles. The molecule has 1 N–H and O–H groups in total. The van der Waals surface area contributed by atoms with E-state index in [-0.39, 0.29) is 0 Å².